The molecule has 1 aliphatic carbocycles. The Morgan fingerprint density at radius 1 is 1.15 bits per heavy atom. The Kier molecular flexibility index (Phi) is 4.88. The van der Waals surface area contributed by atoms with Crippen LogP contribution in [0.15, 0.2) is 12.3 Å². The second-order valence-corrected chi connectivity index (χ2v) is 9.53. The number of carbonyl (C=O) groups excluding carboxylic acids is 1. The van der Waals surface area contributed by atoms with Gasteiger partial charge in [0.25, 0.3) is 0 Å². The van der Waals surface area contributed by atoms with E-state index in [4.69, 9.17) is 0 Å². The number of nitrogens with zero attached hydrogens (tertiary/aromatic N) is 3. The van der Waals surface area contributed by atoms with Gasteiger partial charge < -0.3 is 10.2 Å². The van der Waals surface area contributed by atoms with Gasteiger partial charge in [0.05, 0.1) is 17.6 Å². The standard InChI is InChI=1S/C18H26N4O3S/c23-18(20-15-11-14-5-1-2-7-17(14)19-12-15)21-8-3-6-16(13-21)22-9-4-10-26(22,24)25/h11-12,16H,1-10,13H2,(H,20,23). The van der Waals surface area contributed by atoms with Crippen LogP contribution in [0.2, 0.25) is 0 Å². The highest BCUT2D eigenvalue weighted by Gasteiger charge is 2.37. The largest absolute Gasteiger partial charge is 0.323 e. The molecule has 0 saturated carbocycles. The van der Waals surface area contributed by atoms with Crippen molar-refractivity contribution in [1.29, 1.82) is 0 Å². The van der Waals surface area contributed by atoms with Gasteiger partial charge >= 0.3 is 6.03 Å². The minimum absolute atomic E-state index is 0.0938. The lowest BCUT2D eigenvalue weighted by Gasteiger charge is -2.36. The van der Waals surface area contributed by atoms with Gasteiger partial charge in [0.15, 0.2) is 0 Å². The molecule has 0 spiro atoms. The fourth-order valence-electron chi connectivity index (χ4n) is 4.30. The van der Waals surface area contributed by atoms with Gasteiger partial charge in [-0.15, -0.1) is 0 Å². The molecule has 26 heavy (non-hydrogen) atoms. The van der Waals surface area contributed by atoms with Crippen LogP contribution in [0, 0.1) is 0 Å². The molecule has 3 heterocycles. The van der Waals surface area contributed by atoms with Crippen molar-refractivity contribution in [2.45, 2.75) is 51.0 Å². The summed E-state index contributed by atoms with van der Waals surface area (Å²) in [5.74, 6) is 0.233. The Balaban J connectivity index is 1.41. The first-order chi connectivity index (χ1) is 12.5. The SMILES string of the molecule is O=C(Nc1cnc2c(c1)CCCC2)N1CCCC(N2CCCS2(=O)=O)C1. The van der Waals surface area contributed by atoms with Crippen molar-refractivity contribution in [2.24, 2.45) is 0 Å². The van der Waals surface area contributed by atoms with Crippen LogP contribution in [0.5, 0.6) is 0 Å². The molecule has 3 aliphatic rings. The molecule has 0 radical (unpaired) electrons. The van der Waals surface area contributed by atoms with Gasteiger partial charge in [0, 0.05) is 31.4 Å². The number of urea groups is 1. The monoisotopic (exact) mass is 378 g/mol. The maximum atomic E-state index is 12.7. The number of rotatable bonds is 2. The molecule has 1 N–H and O–H groups in total. The normalized spacial score (nSPS) is 25.7. The Labute approximate surface area is 154 Å². The number of sulfonamides is 1. The van der Waals surface area contributed by atoms with Gasteiger partial charge in [0.2, 0.25) is 10.0 Å². The van der Waals surface area contributed by atoms with E-state index in [9.17, 15) is 13.2 Å². The molecule has 2 amide bonds. The van der Waals surface area contributed by atoms with Crippen LogP contribution in [0.1, 0.15) is 43.4 Å². The molecule has 0 aromatic carbocycles. The molecule has 2 saturated heterocycles. The first-order valence-electron chi connectivity index (χ1n) is 9.56. The summed E-state index contributed by atoms with van der Waals surface area (Å²) in [5, 5.41) is 2.95. The van der Waals surface area contributed by atoms with Crippen LogP contribution in [-0.4, -0.2) is 60.1 Å². The average Bonchev–Trinajstić information content (AvgIpc) is 3.01. The van der Waals surface area contributed by atoms with Crippen LogP contribution in [-0.2, 0) is 22.9 Å². The third kappa shape index (κ3) is 3.57. The van der Waals surface area contributed by atoms with E-state index in [0.29, 0.717) is 26.1 Å². The van der Waals surface area contributed by atoms with E-state index in [0.717, 1.165) is 37.1 Å². The summed E-state index contributed by atoms with van der Waals surface area (Å²) < 4.78 is 25.9. The van der Waals surface area contributed by atoms with Gasteiger partial charge in [-0.3, -0.25) is 4.98 Å². The number of piperidine rings is 1. The van der Waals surface area contributed by atoms with Gasteiger partial charge in [0.1, 0.15) is 0 Å². The zero-order chi connectivity index (χ0) is 18.1. The smallest absolute Gasteiger partial charge is 0.321 e. The summed E-state index contributed by atoms with van der Waals surface area (Å²) in [4.78, 5) is 18.9. The van der Waals surface area contributed by atoms with E-state index >= 15 is 0 Å². The topological polar surface area (TPSA) is 82.6 Å². The first-order valence-corrected chi connectivity index (χ1v) is 11.2. The molecule has 142 valence electrons. The third-order valence-electron chi connectivity index (χ3n) is 5.65. The van der Waals surface area contributed by atoms with E-state index in [1.807, 2.05) is 6.07 Å². The van der Waals surface area contributed by atoms with E-state index < -0.39 is 10.0 Å². The Hall–Kier alpha value is -1.67. The predicted molar refractivity (Wildman–Crippen MR) is 99.6 cm³/mol. The molecular formula is C18H26N4O3S. The lowest BCUT2D eigenvalue weighted by molar-refractivity contribution is 0.163. The molecule has 2 fully saturated rings. The molecular weight excluding hydrogens is 352 g/mol. The molecule has 4 rings (SSSR count). The maximum Gasteiger partial charge on any atom is 0.321 e. The van der Waals surface area contributed by atoms with Crippen molar-refractivity contribution >= 4 is 21.7 Å². The number of aryl methyl sites for hydroxylation is 2. The van der Waals surface area contributed by atoms with E-state index in [1.165, 1.54) is 18.4 Å². The number of aromatic nitrogens is 1. The highest BCUT2D eigenvalue weighted by Crippen LogP contribution is 2.25. The summed E-state index contributed by atoms with van der Waals surface area (Å²) in [6, 6.07) is 1.78. The molecule has 1 aromatic heterocycles. The number of fused-ring (bicyclic) bond motifs is 1. The number of amides is 2. The van der Waals surface area contributed by atoms with Crippen LogP contribution in [0.3, 0.4) is 0 Å². The van der Waals surface area contributed by atoms with E-state index in [1.54, 1.807) is 15.4 Å². The van der Waals surface area contributed by atoms with Crippen LogP contribution < -0.4 is 5.32 Å². The quantitative estimate of drug-likeness (QED) is 0.853. The van der Waals surface area contributed by atoms with Crippen molar-refractivity contribution in [3.63, 3.8) is 0 Å². The molecule has 7 nitrogen and oxygen atoms in total. The van der Waals surface area contributed by atoms with Crippen molar-refractivity contribution < 1.29 is 13.2 Å². The van der Waals surface area contributed by atoms with E-state index in [2.05, 4.69) is 10.3 Å². The first kappa shape index (κ1) is 17.7. The Bertz CT molecular complexity index is 796. The van der Waals surface area contributed by atoms with Crippen LogP contribution >= 0.6 is 0 Å². The highest BCUT2D eigenvalue weighted by atomic mass is 32.2. The fraction of sp³-hybridized carbons (Fsp3) is 0.667. The van der Waals surface area contributed by atoms with Crippen molar-refractivity contribution in [1.82, 2.24) is 14.2 Å². The van der Waals surface area contributed by atoms with Gasteiger partial charge in [-0.05, 0) is 56.6 Å². The molecule has 0 bridgehead atoms. The number of pyridine rings is 1. The zero-order valence-electron chi connectivity index (χ0n) is 15.0. The number of hydrogen-bond acceptors (Lipinski definition) is 4. The van der Waals surface area contributed by atoms with Gasteiger partial charge in [-0.1, -0.05) is 0 Å². The number of hydrogen-bond donors (Lipinski definition) is 1. The molecule has 1 unspecified atom stereocenters. The summed E-state index contributed by atoms with van der Waals surface area (Å²) in [6.07, 6.45) is 8.45. The summed E-state index contributed by atoms with van der Waals surface area (Å²) in [7, 11) is -3.14. The number of likely N-dealkylation sites (tertiary alicyclic amines) is 1. The molecule has 1 atom stereocenters. The number of carbonyl (C=O) groups is 1. The van der Waals surface area contributed by atoms with Crippen molar-refractivity contribution in [3.8, 4) is 0 Å². The lowest BCUT2D eigenvalue weighted by Crippen LogP contribution is -2.51. The lowest BCUT2D eigenvalue weighted by atomic mass is 9.96. The van der Waals surface area contributed by atoms with Gasteiger partial charge in [-0.2, -0.15) is 4.31 Å². The maximum absolute atomic E-state index is 12.7. The summed E-state index contributed by atoms with van der Waals surface area (Å²) >= 11 is 0. The minimum Gasteiger partial charge on any atom is -0.323 e. The number of nitrogens with one attached hydrogen (secondary N) is 1. The summed E-state index contributed by atoms with van der Waals surface area (Å²) in [6.45, 7) is 1.70. The van der Waals surface area contributed by atoms with Gasteiger partial charge in [-0.25, -0.2) is 13.2 Å². The van der Waals surface area contributed by atoms with Crippen molar-refractivity contribution in [3.05, 3.63) is 23.5 Å². The molecule has 8 heteroatoms. The Morgan fingerprint density at radius 2 is 2.00 bits per heavy atom. The molecule has 2 aliphatic heterocycles. The van der Waals surface area contributed by atoms with Crippen LogP contribution in [0.25, 0.3) is 0 Å². The van der Waals surface area contributed by atoms with E-state index in [-0.39, 0.29) is 17.8 Å². The van der Waals surface area contributed by atoms with Crippen molar-refractivity contribution in [2.75, 3.05) is 30.7 Å². The second-order valence-electron chi connectivity index (χ2n) is 7.49. The second kappa shape index (κ2) is 7.15. The predicted octanol–water partition coefficient (Wildman–Crippen LogP) is 1.99. The zero-order valence-corrected chi connectivity index (χ0v) is 15.8. The molecule has 1 aromatic rings. The summed E-state index contributed by atoms with van der Waals surface area (Å²) in [5.41, 5.74) is 3.10. The Morgan fingerprint density at radius 3 is 2.81 bits per heavy atom. The number of anilines is 1. The fourth-order valence-corrected chi connectivity index (χ4v) is 6.06. The highest BCUT2D eigenvalue weighted by molar-refractivity contribution is 7.89. The third-order valence-corrected chi connectivity index (χ3v) is 7.65. The van der Waals surface area contributed by atoms with Crippen LogP contribution in [0.4, 0.5) is 10.5 Å². The average molecular weight is 378 g/mol. The minimum atomic E-state index is -3.14.